The van der Waals surface area contributed by atoms with Crippen LogP contribution in [0.25, 0.3) is 88.4 Å². The maximum atomic E-state index is 6.61. The number of nitrogens with zero attached hydrogens (tertiary/aromatic N) is 3. The molecule has 2 heterocycles. The van der Waals surface area contributed by atoms with Crippen LogP contribution in [0.3, 0.4) is 0 Å². The lowest BCUT2D eigenvalue weighted by molar-refractivity contribution is 0.669. The minimum atomic E-state index is 0.583. The van der Waals surface area contributed by atoms with Gasteiger partial charge in [-0.15, -0.1) is 0 Å². The Morgan fingerprint density at radius 1 is 0.432 bits per heavy atom. The number of furan rings is 1. The van der Waals surface area contributed by atoms with Crippen molar-refractivity contribution in [2.45, 2.75) is 0 Å². The van der Waals surface area contributed by atoms with Gasteiger partial charge in [-0.3, -0.25) is 0 Å². The number of fused-ring (bicyclic) bond motifs is 7. The van der Waals surface area contributed by atoms with E-state index in [-0.39, 0.29) is 0 Å². The summed E-state index contributed by atoms with van der Waals surface area (Å²) in [7, 11) is 0. The first-order valence-electron chi connectivity index (χ1n) is 14.5. The summed E-state index contributed by atoms with van der Waals surface area (Å²) in [5.74, 6) is 1.77. The van der Waals surface area contributed by atoms with Crippen molar-refractivity contribution in [1.82, 2.24) is 15.0 Å². The van der Waals surface area contributed by atoms with Gasteiger partial charge in [0.1, 0.15) is 11.2 Å². The molecular weight excluding hydrogens is 562 g/mol. The molecule has 0 aliphatic heterocycles. The van der Waals surface area contributed by atoms with E-state index in [1.807, 2.05) is 60.7 Å². The summed E-state index contributed by atoms with van der Waals surface area (Å²) in [4.78, 5) is 15.3. The van der Waals surface area contributed by atoms with Crippen molar-refractivity contribution in [3.63, 3.8) is 0 Å². The van der Waals surface area contributed by atoms with Gasteiger partial charge in [0.2, 0.25) is 0 Å². The summed E-state index contributed by atoms with van der Waals surface area (Å²) in [6.07, 6.45) is 0. The number of para-hydroxylation sites is 1. The topological polar surface area (TPSA) is 51.8 Å². The van der Waals surface area contributed by atoms with Crippen LogP contribution in [0, 0.1) is 0 Å². The molecule has 0 bridgehead atoms. The quantitative estimate of drug-likeness (QED) is 0.194. The van der Waals surface area contributed by atoms with Crippen LogP contribution in [0.15, 0.2) is 138 Å². The first kappa shape index (κ1) is 25.0. The fourth-order valence-electron chi connectivity index (χ4n) is 6.32. The normalized spacial score (nSPS) is 11.8. The Morgan fingerprint density at radius 2 is 1.09 bits per heavy atom. The maximum Gasteiger partial charge on any atom is 0.164 e. The van der Waals surface area contributed by atoms with Crippen molar-refractivity contribution in [3.05, 3.63) is 138 Å². The van der Waals surface area contributed by atoms with E-state index in [4.69, 9.17) is 31.0 Å². The molecule has 7 aromatic carbocycles. The van der Waals surface area contributed by atoms with Gasteiger partial charge in [0.25, 0.3) is 0 Å². The number of hydrogen-bond acceptors (Lipinski definition) is 4. The molecule has 0 aliphatic carbocycles. The molecule has 0 aliphatic rings. The van der Waals surface area contributed by atoms with E-state index in [0.29, 0.717) is 22.5 Å². The first-order valence-corrected chi connectivity index (χ1v) is 14.9. The smallest absolute Gasteiger partial charge is 0.164 e. The number of halogens is 1. The van der Waals surface area contributed by atoms with E-state index in [0.717, 1.165) is 54.8 Å². The third kappa shape index (κ3) is 3.89. The van der Waals surface area contributed by atoms with E-state index >= 15 is 0 Å². The second-order valence-electron chi connectivity index (χ2n) is 10.9. The zero-order chi connectivity index (χ0) is 29.2. The van der Waals surface area contributed by atoms with E-state index < -0.39 is 0 Å². The Labute approximate surface area is 257 Å². The fourth-order valence-corrected chi connectivity index (χ4v) is 6.54. The second-order valence-corrected chi connectivity index (χ2v) is 11.4. The zero-order valence-corrected chi connectivity index (χ0v) is 24.1. The molecule has 0 atom stereocenters. The van der Waals surface area contributed by atoms with Gasteiger partial charge in [-0.05, 0) is 57.3 Å². The Hall–Kier alpha value is -5.58. The number of benzene rings is 7. The predicted octanol–water partition coefficient (Wildman–Crippen LogP) is 10.9. The molecular formula is C39H22ClN3O. The van der Waals surface area contributed by atoms with Gasteiger partial charge in [0, 0.05) is 37.9 Å². The van der Waals surface area contributed by atoms with Crippen molar-refractivity contribution < 1.29 is 4.42 Å². The molecule has 0 radical (unpaired) electrons. The highest BCUT2D eigenvalue weighted by Crippen LogP contribution is 2.38. The van der Waals surface area contributed by atoms with Crippen molar-refractivity contribution >= 4 is 65.9 Å². The summed E-state index contributed by atoms with van der Waals surface area (Å²) in [5, 5.41) is 9.40. The average Bonchev–Trinajstić information content (AvgIpc) is 3.47. The maximum absolute atomic E-state index is 6.61. The van der Waals surface area contributed by atoms with E-state index in [1.54, 1.807) is 0 Å². The highest BCUT2D eigenvalue weighted by atomic mass is 35.5. The molecule has 0 N–H and O–H groups in total. The Bertz CT molecular complexity index is 2590. The second kappa shape index (κ2) is 9.73. The fraction of sp³-hybridized carbons (Fsp3) is 0. The molecule has 9 rings (SSSR count). The highest BCUT2D eigenvalue weighted by molar-refractivity contribution is 6.36. The van der Waals surface area contributed by atoms with Gasteiger partial charge in [-0.25, -0.2) is 15.0 Å². The lowest BCUT2D eigenvalue weighted by Crippen LogP contribution is -2.01. The molecule has 4 nitrogen and oxygen atoms in total. The molecule has 44 heavy (non-hydrogen) atoms. The standard InChI is InChI=1S/C39H22ClN3O/c40-33-21-20-30(28-10-3-4-11-29(28)33)38-41-37(25-18-19-27-24(22-25)17-16-23-8-1-2-9-26(23)27)42-39(43-38)32-13-7-15-35-36(32)31-12-5-6-14-34(31)44-35/h1-22H. The van der Waals surface area contributed by atoms with Gasteiger partial charge >= 0.3 is 0 Å². The molecule has 5 heteroatoms. The van der Waals surface area contributed by atoms with Gasteiger partial charge in [-0.2, -0.15) is 0 Å². The van der Waals surface area contributed by atoms with Gasteiger partial charge < -0.3 is 4.42 Å². The Morgan fingerprint density at radius 3 is 1.98 bits per heavy atom. The Kier molecular flexibility index (Phi) is 5.52. The van der Waals surface area contributed by atoms with Crippen LogP contribution < -0.4 is 0 Å². The van der Waals surface area contributed by atoms with Crippen LogP contribution >= 0.6 is 11.6 Å². The molecule has 206 valence electrons. The third-order valence-corrected chi connectivity index (χ3v) is 8.72. The number of hydrogen-bond donors (Lipinski definition) is 0. The molecule has 0 spiro atoms. The van der Waals surface area contributed by atoms with Crippen LogP contribution in [0.5, 0.6) is 0 Å². The lowest BCUT2D eigenvalue weighted by Gasteiger charge is -2.12. The van der Waals surface area contributed by atoms with Crippen LogP contribution in [-0.4, -0.2) is 15.0 Å². The monoisotopic (exact) mass is 583 g/mol. The zero-order valence-electron chi connectivity index (χ0n) is 23.3. The van der Waals surface area contributed by atoms with Crippen LogP contribution in [0.1, 0.15) is 0 Å². The first-order chi connectivity index (χ1) is 21.7. The molecule has 0 amide bonds. The minimum absolute atomic E-state index is 0.583. The molecule has 2 aromatic heterocycles. The summed E-state index contributed by atoms with van der Waals surface area (Å²) in [6, 6.07) is 45.3. The van der Waals surface area contributed by atoms with Gasteiger partial charge in [0.15, 0.2) is 17.5 Å². The summed E-state index contributed by atoms with van der Waals surface area (Å²) in [5.41, 5.74) is 4.32. The third-order valence-electron chi connectivity index (χ3n) is 8.39. The highest BCUT2D eigenvalue weighted by Gasteiger charge is 2.19. The SMILES string of the molecule is Clc1ccc(-c2nc(-c3ccc4c(ccc5ccccc54)c3)nc(-c3cccc4oc5ccccc5c34)n2)c2ccccc12. The van der Waals surface area contributed by atoms with Gasteiger partial charge in [-0.1, -0.05) is 115 Å². The predicted molar refractivity (Wildman–Crippen MR) is 181 cm³/mol. The van der Waals surface area contributed by atoms with Crippen molar-refractivity contribution in [1.29, 1.82) is 0 Å². The summed E-state index contributed by atoms with van der Waals surface area (Å²) in [6.45, 7) is 0. The molecule has 9 aromatic rings. The van der Waals surface area contributed by atoms with E-state index in [9.17, 15) is 0 Å². The van der Waals surface area contributed by atoms with Crippen molar-refractivity contribution in [3.8, 4) is 34.2 Å². The number of aromatic nitrogens is 3. The lowest BCUT2D eigenvalue weighted by atomic mass is 10.00. The Balaban J connectivity index is 1.33. The summed E-state index contributed by atoms with van der Waals surface area (Å²) < 4.78 is 6.21. The van der Waals surface area contributed by atoms with Crippen LogP contribution in [-0.2, 0) is 0 Å². The molecule has 0 saturated heterocycles. The molecule has 0 saturated carbocycles. The average molecular weight is 584 g/mol. The molecule has 0 unspecified atom stereocenters. The van der Waals surface area contributed by atoms with Gasteiger partial charge in [0.05, 0.1) is 0 Å². The van der Waals surface area contributed by atoms with E-state index in [2.05, 4.69) is 72.8 Å². The van der Waals surface area contributed by atoms with E-state index in [1.165, 1.54) is 16.2 Å². The number of rotatable bonds is 3. The van der Waals surface area contributed by atoms with Crippen LogP contribution in [0.2, 0.25) is 5.02 Å². The van der Waals surface area contributed by atoms with Crippen LogP contribution in [0.4, 0.5) is 0 Å². The summed E-state index contributed by atoms with van der Waals surface area (Å²) >= 11 is 6.61. The largest absolute Gasteiger partial charge is 0.456 e. The van der Waals surface area contributed by atoms with Crippen molar-refractivity contribution in [2.24, 2.45) is 0 Å². The minimum Gasteiger partial charge on any atom is -0.456 e. The van der Waals surface area contributed by atoms with Crippen molar-refractivity contribution in [2.75, 3.05) is 0 Å². The molecule has 0 fully saturated rings.